The van der Waals surface area contributed by atoms with Crippen LogP contribution in [0.15, 0.2) is 70.1 Å². The fourth-order valence-corrected chi connectivity index (χ4v) is 3.82. The number of hydrogen-bond donors (Lipinski definition) is 1. The fraction of sp³-hybridized carbons (Fsp3) is 0.182. The number of ether oxygens (including phenoxy) is 1. The Hall–Kier alpha value is -3.06. The number of anilines is 1. The summed E-state index contributed by atoms with van der Waals surface area (Å²) >= 11 is 3.49. The van der Waals surface area contributed by atoms with Crippen molar-refractivity contribution in [2.75, 3.05) is 12.4 Å². The van der Waals surface area contributed by atoms with Gasteiger partial charge in [-0.2, -0.15) is 0 Å². The van der Waals surface area contributed by atoms with Gasteiger partial charge in [0.25, 0.3) is 5.56 Å². The number of nitrogens with zero attached hydrogens (tertiary/aromatic N) is 2. The number of aromatic nitrogens is 2. The number of aryl methyl sites for hydroxylation is 1. The summed E-state index contributed by atoms with van der Waals surface area (Å²) in [4.78, 5) is 25.3. The Bertz CT molecular complexity index is 1260. The number of benzene rings is 2. The molecule has 6 nitrogen and oxygen atoms in total. The van der Waals surface area contributed by atoms with Gasteiger partial charge in [0.1, 0.15) is 11.3 Å². The molecule has 148 valence electrons. The number of fused-ring (bicyclic) bond motifs is 3. The zero-order chi connectivity index (χ0) is 20.4. The number of nitrogens with one attached hydrogen (secondary N) is 1. The Kier molecular flexibility index (Phi) is 5.40. The van der Waals surface area contributed by atoms with Crippen LogP contribution in [-0.2, 0) is 11.3 Å². The summed E-state index contributed by atoms with van der Waals surface area (Å²) in [6, 6.07) is 16.8. The van der Waals surface area contributed by atoms with Crippen molar-refractivity contribution >= 4 is 44.1 Å². The van der Waals surface area contributed by atoms with Crippen molar-refractivity contribution in [2.45, 2.75) is 19.4 Å². The van der Waals surface area contributed by atoms with Crippen molar-refractivity contribution < 1.29 is 9.53 Å². The molecule has 0 saturated heterocycles. The summed E-state index contributed by atoms with van der Waals surface area (Å²) in [6.45, 7) is 0.457. The van der Waals surface area contributed by atoms with Crippen LogP contribution in [0.5, 0.6) is 5.75 Å². The van der Waals surface area contributed by atoms with Crippen LogP contribution in [-0.4, -0.2) is 22.0 Å². The van der Waals surface area contributed by atoms with Gasteiger partial charge in [-0.15, -0.1) is 0 Å². The molecule has 0 aliphatic rings. The predicted molar refractivity (Wildman–Crippen MR) is 118 cm³/mol. The van der Waals surface area contributed by atoms with Crippen molar-refractivity contribution in [3.63, 3.8) is 0 Å². The van der Waals surface area contributed by atoms with Crippen molar-refractivity contribution in [3.8, 4) is 5.75 Å². The Balaban J connectivity index is 1.53. The Morgan fingerprint density at radius 2 is 1.93 bits per heavy atom. The molecule has 1 N–H and O–H groups in total. The lowest BCUT2D eigenvalue weighted by atomic mass is 10.2. The third kappa shape index (κ3) is 3.91. The first-order valence-corrected chi connectivity index (χ1v) is 10.1. The van der Waals surface area contributed by atoms with Crippen LogP contribution in [0.1, 0.15) is 12.8 Å². The van der Waals surface area contributed by atoms with E-state index in [0.717, 1.165) is 15.5 Å². The molecular formula is C22H20BrN3O3. The SMILES string of the molecule is COc1cccc(NC(=O)CCCn2c(=O)c3cccn3c3ccc(Br)cc32)c1. The third-order valence-electron chi connectivity index (χ3n) is 4.84. The smallest absolute Gasteiger partial charge is 0.275 e. The molecule has 0 bridgehead atoms. The van der Waals surface area contributed by atoms with Crippen LogP contribution in [0.2, 0.25) is 0 Å². The Morgan fingerprint density at radius 1 is 1.07 bits per heavy atom. The van der Waals surface area contributed by atoms with E-state index in [0.29, 0.717) is 36.3 Å². The molecule has 0 unspecified atom stereocenters. The number of hydrogen-bond acceptors (Lipinski definition) is 3. The molecule has 4 aromatic rings. The maximum atomic E-state index is 13.0. The largest absolute Gasteiger partial charge is 0.497 e. The zero-order valence-electron chi connectivity index (χ0n) is 15.9. The first kappa shape index (κ1) is 19.3. The number of methoxy groups -OCH3 is 1. The van der Waals surface area contributed by atoms with Crippen molar-refractivity contribution in [3.05, 3.63) is 75.6 Å². The first-order chi connectivity index (χ1) is 14.1. The molecule has 2 heterocycles. The van der Waals surface area contributed by atoms with Gasteiger partial charge < -0.3 is 19.0 Å². The normalized spacial score (nSPS) is 11.1. The monoisotopic (exact) mass is 453 g/mol. The topological polar surface area (TPSA) is 64.7 Å². The summed E-state index contributed by atoms with van der Waals surface area (Å²) in [5.74, 6) is 0.590. The van der Waals surface area contributed by atoms with Crippen LogP contribution in [0.4, 0.5) is 5.69 Å². The highest BCUT2D eigenvalue weighted by atomic mass is 79.9. The van der Waals surface area contributed by atoms with Gasteiger partial charge in [0.05, 0.1) is 18.1 Å². The van der Waals surface area contributed by atoms with Crippen molar-refractivity contribution in [1.82, 2.24) is 8.97 Å². The lowest BCUT2D eigenvalue weighted by molar-refractivity contribution is -0.116. The molecule has 0 aliphatic carbocycles. The molecule has 2 aromatic heterocycles. The molecular weight excluding hydrogens is 434 g/mol. The maximum absolute atomic E-state index is 13.0. The Morgan fingerprint density at radius 3 is 2.76 bits per heavy atom. The summed E-state index contributed by atoms with van der Waals surface area (Å²) in [5, 5.41) is 2.87. The van der Waals surface area contributed by atoms with Gasteiger partial charge in [0.2, 0.25) is 5.91 Å². The zero-order valence-corrected chi connectivity index (χ0v) is 17.5. The molecule has 0 radical (unpaired) electrons. The quantitative estimate of drug-likeness (QED) is 0.469. The van der Waals surface area contributed by atoms with Gasteiger partial charge in [0, 0.05) is 35.4 Å². The van der Waals surface area contributed by atoms with Gasteiger partial charge in [0.15, 0.2) is 0 Å². The van der Waals surface area contributed by atoms with E-state index in [1.807, 2.05) is 59.1 Å². The molecule has 1 amide bonds. The van der Waals surface area contributed by atoms with Gasteiger partial charge in [-0.25, -0.2) is 0 Å². The molecule has 0 atom stereocenters. The van der Waals surface area contributed by atoms with E-state index in [1.54, 1.807) is 17.7 Å². The number of rotatable bonds is 6. The molecule has 7 heteroatoms. The molecule has 4 rings (SSSR count). The second-order valence-electron chi connectivity index (χ2n) is 6.74. The van der Waals surface area contributed by atoms with E-state index in [1.165, 1.54) is 0 Å². The van der Waals surface area contributed by atoms with Crippen molar-refractivity contribution in [1.29, 1.82) is 0 Å². The summed E-state index contributed by atoms with van der Waals surface area (Å²) in [5.41, 5.74) is 3.04. The number of carbonyl (C=O) groups is 1. The summed E-state index contributed by atoms with van der Waals surface area (Å²) in [7, 11) is 1.59. The molecule has 29 heavy (non-hydrogen) atoms. The molecule has 0 saturated carbocycles. The van der Waals surface area contributed by atoms with Crippen LogP contribution >= 0.6 is 15.9 Å². The van der Waals surface area contributed by atoms with Gasteiger partial charge in [-0.1, -0.05) is 22.0 Å². The minimum absolute atomic E-state index is 0.0613. The van der Waals surface area contributed by atoms with E-state index < -0.39 is 0 Å². The second kappa shape index (κ2) is 8.13. The molecule has 0 spiro atoms. The van der Waals surface area contributed by atoms with Crippen LogP contribution in [0.3, 0.4) is 0 Å². The van der Waals surface area contributed by atoms with Crippen molar-refractivity contribution in [2.24, 2.45) is 0 Å². The summed E-state index contributed by atoms with van der Waals surface area (Å²) < 4.78 is 9.72. The minimum Gasteiger partial charge on any atom is -0.497 e. The first-order valence-electron chi connectivity index (χ1n) is 9.30. The van der Waals surface area contributed by atoms with Crippen LogP contribution in [0.25, 0.3) is 16.6 Å². The lowest BCUT2D eigenvalue weighted by Gasteiger charge is -2.13. The predicted octanol–water partition coefficient (Wildman–Crippen LogP) is 4.44. The van der Waals surface area contributed by atoms with E-state index >= 15 is 0 Å². The van der Waals surface area contributed by atoms with E-state index in [2.05, 4.69) is 21.2 Å². The van der Waals surface area contributed by atoms with E-state index in [-0.39, 0.29) is 11.5 Å². The number of amides is 1. The molecule has 0 fully saturated rings. The highest BCUT2D eigenvalue weighted by Gasteiger charge is 2.12. The van der Waals surface area contributed by atoms with Gasteiger partial charge in [-0.05, 0) is 48.9 Å². The average Bonchev–Trinajstić information content (AvgIpc) is 3.20. The lowest BCUT2D eigenvalue weighted by Crippen LogP contribution is -2.23. The van der Waals surface area contributed by atoms with Gasteiger partial charge in [-0.3, -0.25) is 9.59 Å². The second-order valence-corrected chi connectivity index (χ2v) is 7.65. The third-order valence-corrected chi connectivity index (χ3v) is 5.33. The highest BCUT2D eigenvalue weighted by molar-refractivity contribution is 9.10. The minimum atomic E-state index is -0.0967. The molecule has 2 aromatic carbocycles. The van der Waals surface area contributed by atoms with Crippen LogP contribution < -0.4 is 15.6 Å². The van der Waals surface area contributed by atoms with E-state index in [4.69, 9.17) is 4.74 Å². The maximum Gasteiger partial charge on any atom is 0.275 e. The number of carbonyl (C=O) groups excluding carboxylic acids is 1. The average molecular weight is 454 g/mol. The molecule has 0 aliphatic heterocycles. The number of halogens is 1. The fourth-order valence-electron chi connectivity index (χ4n) is 3.47. The van der Waals surface area contributed by atoms with Crippen LogP contribution in [0, 0.1) is 0 Å². The highest BCUT2D eigenvalue weighted by Crippen LogP contribution is 2.21. The Labute approximate surface area is 175 Å². The summed E-state index contributed by atoms with van der Waals surface area (Å²) in [6.07, 6.45) is 2.75. The standard InChI is InChI=1S/C22H20BrN3O3/c1-29-17-6-2-5-16(14-17)24-21(27)8-4-12-26-20-13-15(23)9-10-18(20)25-11-3-7-19(25)22(26)28/h2-3,5-7,9-11,13-14H,4,8,12H2,1H3,(H,24,27). The van der Waals surface area contributed by atoms with Gasteiger partial charge >= 0.3 is 0 Å². The van der Waals surface area contributed by atoms with E-state index in [9.17, 15) is 9.59 Å².